The van der Waals surface area contributed by atoms with Gasteiger partial charge in [0.1, 0.15) is 0 Å². The summed E-state index contributed by atoms with van der Waals surface area (Å²) in [5.74, 6) is 0. The molecule has 0 aliphatic carbocycles. The van der Waals surface area contributed by atoms with Crippen LogP contribution in [0.4, 0.5) is 0 Å². The molecule has 1 aromatic rings. The molecule has 2 rings (SSSR count). The van der Waals surface area contributed by atoms with Gasteiger partial charge in [0.2, 0.25) is 0 Å². The van der Waals surface area contributed by atoms with E-state index in [0.29, 0.717) is 11.3 Å². The summed E-state index contributed by atoms with van der Waals surface area (Å²) >= 11 is 5.93. The van der Waals surface area contributed by atoms with Gasteiger partial charge in [-0.05, 0) is 11.3 Å². The van der Waals surface area contributed by atoms with Gasteiger partial charge in [0, 0.05) is 11.3 Å². The van der Waals surface area contributed by atoms with Crippen LogP contribution in [-0.2, 0) is 11.8 Å². The maximum Gasteiger partial charge on any atom is 0.00755 e. The molecule has 0 radical (unpaired) electrons. The largest absolute Gasteiger partial charge is 0.0914 e. The third-order valence-electron chi connectivity index (χ3n) is 3.04. The lowest BCUT2D eigenvalue weighted by Crippen LogP contribution is -2.15. The van der Waals surface area contributed by atoms with Gasteiger partial charge in [-0.3, -0.25) is 0 Å². The van der Waals surface area contributed by atoms with Crippen LogP contribution in [0.25, 0.3) is 0 Å². The van der Waals surface area contributed by atoms with E-state index in [-0.39, 0.29) is 0 Å². The number of allylic oxidation sites excluding steroid dienone is 2. The predicted octanol–water partition coefficient (Wildman–Crippen LogP) is 3.14. The van der Waals surface area contributed by atoms with Crippen molar-refractivity contribution in [3.8, 4) is 0 Å². The molecular formula is C12H15PS. The van der Waals surface area contributed by atoms with Crippen molar-refractivity contribution in [2.75, 3.05) is 0 Å². The van der Waals surface area contributed by atoms with Crippen molar-refractivity contribution >= 4 is 23.1 Å². The van der Waals surface area contributed by atoms with Crippen molar-refractivity contribution in [2.45, 2.75) is 25.2 Å². The molecule has 1 aliphatic rings. The average molecular weight is 222 g/mol. The van der Waals surface area contributed by atoms with Crippen LogP contribution in [0.15, 0.2) is 42.5 Å². The Morgan fingerprint density at radius 3 is 2.00 bits per heavy atom. The van der Waals surface area contributed by atoms with Crippen molar-refractivity contribution in [3.05, 3.63) is 42.5 Å². The summed E-state index contributed by atoms with van der Waals surface area (Å²) in [6.07, 6.45) is 4.58. The van der Waals surface area contributed by atoms with Crippen molar-refractivity contribution in [2.24, 2.45) is 0 Å². The SMILES string of the molecule is C[C@@H]1C=C[C@H](C)P1(=S)c1ccccc1. The van der Waals surface area contributed by atoms with E-state index in [1.807, 2.05) is 0 Å². The molecule has 0 bridgehead atoms. The van der Waals surface area contributed by atoms with E-state index in [4.69, 9.17) is 11.8 Å². The van der Waals surface area contributed by atoms with Crippen molar-refractivity contribution in [1.82, 2.24) is 0 Å². The second kappa shape index (κ2) is 3.64. The normalized spacial score (nSPS) is 36.1. The van der Waals surface area contributed by atoms with Gasteiger partial charge in [0.05, 0.1) is 0 Å². The Labute approximate surface area is 91.0 Å². The summed E-state index contributed by atoms with van der Waals surface area (Å²) in [5, 5.41) is 1.39. The smallest absolute Gasteiger partial charge is 0.00755 e. The van der Waals surface area contributed by atoms with Crippen LogP contribution in [0.1, 0.15) is 13.8 Å². The van der Waals surface area contributed by atoms with Gasteiger partial charge in [-0.1, -0.05) is 68.1 Å². The predicted molar refractivity (Wildman–Crippen MR) is 68.4 cm³/mol. The molecule has 0 aromatic heterocycles. The molecule has 1 unspecified atom stereocenters. The fourth-order valence-electron chi connectivity index (χ4n) is 2.08. The molecule has 1 aliphatic heterocycles. The zero-order chi connectivity index (χ0) is 10.2. The summed E-state index contributed by atoms with van der Waals surface area (Å²) in [5.41, 5.74) is 1.13. The van der Waals surface area contributed by atoms with E-state index < -0.39 is 6.04 Å². The van der Waals surface area contributed by atoms with E-state index in [2.05, 4.69) is 56.3 Å². The molecule has 74 valence electrons. The lowest BCUT2D eigenvalue weighted by molar-refractivity contribution is 1.23. The first-order valence-electron chi connectivity index (χ1n) is 4.99. The first-order valence-corrected chi connectivity index (χ1v) is 7.93. The molecule has 2 heteroatoms. The molecule has 1 heterocycles. The van der Waals surface area contributed by atoms with Gasteiger partial charge in [-0.25, -0.2) is 0 Å². The fraction of sp³-hybridized carbons (Fsp3) is 0.333. The van der Waals surface area contributed by atoms with Crippen LogP contribution in [-0.4, -0.2) is 11.3 Å². The van der Waals surface area contributed by atoms with Gasteiger partial charge < -0.3 is 0 Å². The Morgan fingerprint density at radius 2 is 1.50 bits per heavy atom. The highest BCUT2D eigenvalue weighted by molar-refractivity contribution is 8.19. The Morgan fingerprint density at radius 1 is 1.00 bits per heavy atom. The number of hydrogen-bond donors (Lipinski definition) is 0. The zero-order valence-corrected chi connectivity index (χ0v) is 10.3. The van der Waals surface area contributed by atoms with Crippen LogP contribution < -0.4 is 5.30 Å². The maximum absolute atomic E-state index is 5.93. The topological polar surface area (TPSA) is 0 Å². The molecule has 0 spiro atoms. The van der Waals surface area contributed by atoms with Crippen molar-refractivity contribution in [3.63, 3.8) is 0 Å². The highest BCUT2D eigenvalue weighted by atomic mass is 32.4. The molecule has 3 atom stereocenters. The van der Waals surface area contributed by atoms with Crippen LogP contribution >= 0.6 is 6.04 Å². The third-order valence-corrected chi connectivity index (χ3v) is 9.54. The Bertz CT molecular complexity index is 378. The van der Waals surface area contributed by atoms with Crippen LogP contribution in [0.5, 0.6) is 0 Å². The van der Waals surface area contributed by atoms with E-state index in [0.717, 1.165) is 0 Å². The summed E-state index contributed by atoms with van der Waals surface area (Å²) in [7, 11) is 0. The van der Waals surface area contributed by atoms with Crippen molar-refractivity contribution in [1.29, 1.82) is 0 Å². The van der Waals surface area contributed by atoms with Crippen LogP contribution in [0.2, 0.25) is 0 Å². The third kappa shape index (κ3) is 1.39. The Kier molecular flexibility index (Phi) is 2.64. The molecule has 0 nitrogen and oxygen atoms in total. The highest BCUT2D eigenvalue weighted by Gasteiger charge is 2.33. The summed E-state index contributed by atoms with van der Waals surface area (Å²) < 4.78 is 0. The quantitative estimate of drug-likeness (QED) is 0.519. The lowest BCUT2D eigenvalue weighted by Gasteiger charge is -2.26. The van der Waals surface area contributed by atoms with Gasteiger partial charge in [0.15, 0.2) is 0 Å². The average Bonchev–Trinajstić information content (AvgIpc) is 2.49. The first-order chi connectivity index (χ1) is 6.65. The van der Waals surface area contributed by atoms with Gasteiger partial charge in [-0.2, -0.15) is 0 Å². The minimum absolute atomic E-state index is 0.565. The van der Waals surface area contributed by atoms with Gasteiger partial charge in [-0.15, -0.1) is 0 Å². The molecule has 0 N–H and O–H groups in total. The van der Waals surface area contributed by atoms with Gasteiger partial charge >= 0.3 is 0 Å². The fourth-order valence-corrected chi connectivity index (χ4v) is 5.90. The molecule has 14 heavy (non-hydrogen) atoms. The van der Waals surface area contributed by atoms with E-state index in [9.17, 15) is 0 Å². The lowest BCUT2D eigenvalue weighted by atomic mass is 10.4. The van der Waals surface area contributed by atoms with Crippen LogP contribution in [0, 0.1) is 0 Å². The Hall–Kier alpha value is -0.390. The number of hydrogen-bond acceptors (Lipinski definition) is 1. The molecule has 0 amide bonds. The summed E-state index contributed by atoms with van der Waals surface area (Å²) in [6.45, 7) is 4.52. The summed E-state index contributed by atoms with van der Waals surface area (Å²) in [4.78, 5) is 0. The number of rotatable bonds is 1. The monoisotopic (exact) mass is 222 g/mol. The molecule has 0 fully saturated rings. The zero-order valence-electron chi connectivity index (χ0n) is 8.55. The minimum atomic E-state index is -1.38. The van der Waals surface area contributed by atoms with Crippen molar-refractivity contribution < 1.29 is 0 Å². The molecule has 0 saturated carbocycles. The molecule has 0 saturated heterocycles. The summed E-state index contributed by atoms with van der Waals surface area (Å²) in [6, 6.07) is 9.26. The Balaban J connectivity index is 2.48. The molecule has 1 aromatic carbocycles. The van der Waals surface area contributed by atoms with E-state index in [1.54, 1.807) is 0 Å². The second-order valence-corrected chi connectivity index (χ2v) is 9.29. The van der Waals surface area contributed by atoms with Crippen LogP contribution in [0.3, 0.4) is 0 Å². The standard InChI is InChI=1S/C12H15PS/c1-10-8-9-11(2)13(10,14)12-6-4-3-5-7-12/h3-11H,1-2H3/t10-,11+,13?. The van der Waals surface area contributed by atoms with E-state index in [1.165, 1.54) is 5.30 Å². The molecular weight excluding hydrogens is 207 g/mol. The first kappa shape index (κ1) is 10.1. The van der Waals surface area contributed by atoms with Gasteiger partial charge in [0.25, 0.3) is 0 Å². The minimum Gasteiger partial charge on any atom is -0.0914 e. The number of benzene rings is 1. The highest BCUT2D eigenvalue weighted by Crippen LogP contribution is 2.58. The van der Waals surface area contributed by atoms with E-state index >= 15 is 0 Å². The maximum atomic E-state index is 5.93. The second-order valence-electron chi connectivity index (χ2n) is 3.91.